The first kappa shape index (κ1) is 18.1. The number of phenolic OH excluding ortho intramolecular Hbond substituents is 1. The van der Waals surface area contributed by atoms with Gasteiger partial charge in [0, 0.05) is 18.0 Å². The van der Waals surface area contributed by atoms with E-state index in [0.29, 0.717) is 22.6 Å². The summed E-state index contributed by atoms with van der Waals surface area (Å²) in [6.07, 6.45) is 0.878. The highest BCUT2D eigenvalue weighted by molar-refractivity contribution is 7.92. The van der Waals surface area contributed by atoms with Crippen LogP contribution in [0.4, 0.5) is 15.9 Å². The molecule has 1 aliphatic rings. The van der Waals surface area contributed by atoms with Crippen molar-refractivity contribution in [1.29, 1.82) is 0 Å². The summed E-state index contributed by atoms with van der Waals surface area (Å²) in [6.45, 7) is 4.13. The minimum Gasteiger partial charge on any atom is -0.506 e. The number of carbonyl (C=O) groups excluding carboxylic acids is 1. The van der Waals surface area contributed by atoms with Crippen molar-refractivity contribution in [3.63, 3.8) is 0 Å². The number of nitrogens with one attached hydrogen (secondary N) is 2. The molecule has 26 heavy (non-hydrogen) atoms. The number of hydrogen-bond donors (Lipinski definition) is 3. The van der Waals surface area contributed by atoms with E-state index in [1.54, 1.807) is 4.72 Å². The van der Waals surface area contributed by atoms with E-state index in [2.05, 4.69) is 29.4 Å². The second kappa shape index (κ2) is 6.56. The Bertz CT molecular complexity index is 980. The van der Waals surface area contributed by atoms with Gasteiger partial charge in [-0.2, -0.15) is 8.42 Å². The molecule has 0 spiro atoms. The maximum Gasteiger partial charge on any atom is 0.326 e. The molecule has 2 heterocycles. The molecule has 1 saturated heterocycles. The molecule has 3 N–H and O–H groups in total. The molecule has 140 valence electrons. The Kier molecular flexibility index (Phi) is 4.57. The highest BCUT2D eigenvalue weighted by Crippen LogP contribution is 2.37. The smallest absolute Gasteiger partial charge is 0.326 e. The first-order chi connectivity index (χ1) is 12.2. The third-order valence-corrected chi connectivity index (χ3v) is 5.26. The zero-order valence-electron chi connectivity index (χ0n) is 14.2. The van der Waals surface area contributed by atoms with Gasteiger partial charge in [-0.15, -0.1) is 10.2 Å². The van der Waals surface area contributed by atoms with E-state index in [9.17, 15) is 22.7 Å². The minimum absolute atomic E-state index is 0.0191. The minimum atomic E-state index is -4.25. The van der Waals surface area contributed by atoms with Crippen LogP contribution in [0.25, 0.3) is 10.9 Å². The van der Waals surface area contributed by atoms with Gasteiger partial charge in [0.15, 0.2) is 5.82 Å². The molecular formula is C15H18FN5O4S. The Morgan fingerprint density at radius 2 is 2.12 bits per heavy atom. The number of amides is 1. The largest absolute Gasteiger partial charge is 0.506 e. The lowest BCUT2D eigenvalue weighted by Crippen LogP contribution is -2.30. The Balaban J connectivity index is 2.04. The predicted octanol–water partition coefficient (Wildman–Crippen LogP) is 1.11. The molecule has 1 aromatic heterocycles. The van der Waals surface area contributed by atoms with Gasteiger partial charge in [0.25, 0.3) is 5.91 Å². The number of rotatable bonds is 5. The molecule has 1 amide bonds. The summed E-state index contributed by atoms with van der Waals surface area (Å²) in [5.74, 6) is -1.66. The Morgan fingerprint density at radius 1 is 1.38 bits per heavy atom. The van der Waals surface area contributed by atoms with Crippen molar-refractivity contribution in [1.82, 2.24) is 14.9 Å². The third-order valence-electron chi connectivity index (χ3n) is 3.88. The van der Waals surface area contributed by atoms with Crippen LogP contribution < -0.4 is 14.3 Å². The summed E-state index contributed by atoms with van der Waals surface area (Å²) in [6, 6.07) is 2.50. The summed E-state index contributed by atoms with van der Waals surface area (Å²) in [7, 11) is -4.25. The van der Waals surface area contributed by atoms with Gasteiger partial charge in [0.1, 0.15) is 23.8 Å². The van der Waals surface area contributed by atoms with E-state index in [1.165, 1.54) is 6.07 Å². The van der Waals surface area contributed by atoms with Gasteiger partial charge in [-0.3, -0.25) is 4.79 Å². The van der Waals surface area contributed by atoms with Crippen molar-refractivity contribution in [3.8, 4) is 5.75 Å². The molecular weight excluding hydrogens is 365 g/mol. The molecule has 9 nitrogen and oxygen atoms in total. The number of phenols is 1. The lowest BCUT2D eigenvalue weighted by molar-refractivity contribution is -0.117. The van der Waals surface area contributed by atoms with E-state index in [4.69, 9.17) is 0 Å². The molecule has 11 heteroatoms. The number of fused-ring (bicyclic) bond motifs is 1. The summed E-state index contributed by atoms with van der Waals surface area (Å²) >= 11 is 0. The fourth-order valence-corrected chi connectivity index (χ4v) is 3.74. The van der Waals surface area contributed by atoms with Crippen molar-refractivity contribution < 1.29 is 22.7 Å². The quantitative estimate of drug-likeness (QED) is 0.706. The van der Waals surface area contributed by atoms with Crippen molar-refractivity contribution in [2.75, 3.05) is 22.7 Å². The highest BCUT2D eigenvalue weighted by atomic mass is 32.2. The van der Waals surface area contributed by atoms with Gasteiger partial charge in [0.05, 0.1) is 5.52 Å². The molecule has 0 saturated carbocycles. The van der Waals surface area contributed by atoms with Crippen LogP contribution in [-0.4, -0.2) is 42.7 Å². The van der Waals surface area contributed by atoms with Crippen molar-refractivity contribution in [3.05, 3.63) is 17.9 Å². The van der Waals surface area contributed by atoms with Gasteiger partial charge in [-0.25, -0.2) is 13.4 Å². The highest BCUT2D eigenvalue weighted by Gasteiger charge is 2.38. The summed E-state index contributed by atoms with van der Waals surface area (Å²) in [5, 5.41) is 20.8. The van der Waals surface area contributed by atoms with E-state index in [-0.39, 0.29) is 10.9 Å². The zero-order chi connectivity index (χ0) is 19.1. The maximum absolute atomic E-state index is 15.0. The van der Waals surface area contributed by atoms with E-state index < -0.39 is 39.9 Å². The number of halogens is 1. The number of aromatic nitrogens is 2. The second-order valence-corrected chi connectivity index (χ2v) is 7.96. The van der Waals surface area contributed by atoms with Crippen LogP contribution in [0.2, 0.25) is 0 Å². The summed E-state index contributed by atoms with van der Waals surface area (Å²) in [5.41, 5.74) is -0.536. The lowest BCUT2D eigenvalue weighted by Gasteiger charge is -2.18. The SMILES string of the molecule is CC(C)CCNc1cc2c(F)c(N3CC(=O)NS3(=O)=O)c(O)cc2nn1. The molecule has 0 unspecified atom stereocenters. The molecule has 2 aromatic rings. The van der Waals surface area contributed by atoms with E-state index in [0.717, 1.165) is 12.5 Å². The van der Waals surface area contributed by atoms with Crippen molar-refractivity contribution in [2.24, 2.45) is 5.92 Å². The number of hydrogen-bond acceptors (Lipinski definition) is 7. The lowest BCUT2D eigenvalue weighted by atomic mass is 10.1. The normalized spacial score (nSPS) is 16.3. The topological polar surface area (TPSA) is 125 Å². The fraction of sp³-hybridized carbons (Fsp3) is 0.400. The fourth-order valence-electron chi connectivity index (χ4n) is 2.58. The molecule has 0 aliphatic carbocycles. The Morgan fingerprint density at radius 3 is 2.73 bits per heavy atom. The van der Waals surface area contributed by atoms with Crippen molar-refractivity contribution >= 4 is 38.5 Å². The van der Waals surface area contributed by atoms with Crippen molar-refractivity contribution in [2.45, 2.75) is 20.3 Å². The standard InChI is InChI=1S/C15H18FN5O4S/c1-8(2)3-4-17-12-5-9-10(18-19-12)6-11(22)15(14(9)16)21-7-13(23)20-26(21,24)25/h5-6,8,22H,3-4,7H2,1-2H3,(H,17,19)(H,20,23). The van der Waals surface area contributed by atoms with Crippen LogP contribution in [0, 0.1) is 11.7 Å². The van der Waals surface area contributed by atoms with Crippen LogP contribution in [0.5, 0.6) is 5.75 Å². The van der Waals surface area contributed by atoms with Crippen LogP contribution in [0.1, 0.15) is 20.3 Å². The van der Waals surface area contributed by atoms with Gasteiger partial charge in [-0.1, -0.05) is 13.8 Å². The van der Waals surface area contributed by atoms with Gasteiger partial charge in [0.2, 0.25) is 0 Å². The average molecular weight is 383 g/mol. The number of aromatic hydroxyl groups is 1. The summed E-state index contributed by atoms with van der Waals surface area (Å²) in [4.78, 5) is 11.4. The maximum atomic E-state index is 15.0. The molecule has 0 atom stereocenters. The molecule has 1 aliphatic heterocycles. The predicted molar refractivity (Wildman–Crippen MR) is 93.5 cm³/mol. The third kappa shape index (κ3) is 3.34. The van der Waals surface area contributed by atoms with Gasteiger partial charge in [-0.05, 0) is 18.4 Å². The first-order valence-electron chi connectivity index (χ1n) is 7.95. The first-order valence-corrected chi connectivity index (χ1v) is 9.39. The number of benzene rings is 1. The number of carbonyl (C=O) groups is 1. The van der Waals surface area contributed by atoms with Crippen LogP contribution in [0.3, 0.4) is 0 Å². The molecule has 0 bridgehead atoms. The molecule has 1 fully saturated rings. The van der Waals surface area contributed by atoms with Crippen LogP contribution >= 0.6 is 0 Å². The monoisotopic (exact) mass is 383 g/mol. The Labute approximate surface area is 149 Å². The van der Waals surface area contributed by atoms with Gasteiger partial charge < -0.3 is 10.4 Å². The number of nitrogens with zero attached hydrogens (tertiary/aromatic N) is 3. The van der Waals surface area contributed by atoms with E-state index in [1.807, 2.05) is 0 Å². The van der Waals surface area contributed by atoms with Crippen LogP contribution in [-0.2, 0) is 15.0 Å². The Hall–Kier alpha value is -2.69. The number of anilines is 2. The molecule has 3 rings (SSSR count). The van der Waals surface area contributed by atoms with E-state index >= 15 is 0 Å². The second-order valence-electron chi connectivity index (χ2n) is 6.37. The molecule has 1 aromatic carbocycles. The zero-order valence-corrected chi connectivity index (χ0v) is 15.0. The molecule has 0 radical (unpaired) electrons. The van der Waals surface area contributed by atoms with Gasteiger partial charge >= 0.3 is 10.2 Å². The average Bonchev–Trinajstić information content (AvgIpc) is 2.80. The van der Waals surface area contributed by atoms with Crippen LogP contribution in [0.15, 0.2) is 12.1 Å². The summed E-state index contributed by atoms with van der Waals surface area (Å²) < 4.78 is 41.1.